The Bertz CT molecular complexity index is 957. The molecule has 1 aliphatic carbocycles. The maximum absolute atomic E-state index is 13.4. The maximum atomic E-state index is 13.4. The largest absolute Gasteiger partial charge is 0.309 e. The molecule has 0 bridgehead atoms. The molecule has 3 aromatic rings. The summed E-state index contributed by atoms with van der Waals surface area (Å²) in [6.45, 7) is 3.53. The van der Waals surface area contributed by atoms with Gasteiger partial charge in [-0.2, -0.15) is 10.2 Å². The molecule has 2 N–H and O–H groups in total. The highest BCUT2D eigenvalue weighted by Gasteiger charge is 2.26. The third-order valence-corrected chi connectivity index (χ3v) is 4.77. The molecule has 1 aliphatic rings. The first-order valence-corrected chi connectivity index (χ1v) is 8.68. The summed E-state index contributed by atoms with van der Waals surface area (Å²) in [6.07, 6.45) is 5.79. The van der Waals surface area contributed by atoms with E-state index in [0.717, 1.165) is 16.9 Å². The molecule has 6 nitrogen and oxygen atoms in total. The number of aryl methyl sites for hydroxylation is 1. The number of nitrogens with one attached hydrogen (secondary N) is 2. The van der Waals surface area contributed by atoms with Crippen molar-refractivity contribution in [1.82, 2.24) is 20.0 Å². The van der Waals surface area contributed by atoms with E-state index in [-0.39, 0.29) is 17.6 Å². The van der Waals surface area contributed by atoms with E-state index < -0.39 is 0 Å². The molecule has 2 heterocycles. The zero-order chi connectivity index (χ0) is 18.3. The summed E-state index contributed by atoms with van der Waals surface area (Å²) in [5.41, 5.74) is 3.16. The van der Waals surface area contributed by atoms with E-state index in [2.05, 4.69) is 20.6 Å². The van der Waals surface area contributed by atoms with Crippen molar-refractivity contribution in [3.8, 4) is 5.69 Å². The molecule has 1 amide bonds. The van der Waals surface area contributed by atoms with Crippen molar-refractivity contribution in [3.05, 3.63) is 59.3 Å². The number of nitrogens with zero attached hydrogens (tertiary/aromatic N) is 3. The summed E-state index contributed by atoms with van der Waals surface area (Å²) in [7, 11) is 0. The normalized spacial score (nSPS) is 15.0. The number of anilines is 1. The van der Waals surface area contributed by atoms with E-state index >= 15 is 0 Å². The number of rotatable bonds is 5. The molecule has 1 unspecified atom stereocenters. The van der Waals surface area contributed by atoms with E-state index in [9.17, 15) is 9.18 Å². The molecule has 1 atom stereocenters. The Hall–Kier alpha value is -2.96. The van der Waals surface area contributed by atoms with Crippen LogP contribution in [0.25, 0.3) is 5.69 Å². The Morgan fingerprint density at radius 3 is 2.92 bits per heavy atom. The highest BCUT2D eigenvalue weighted by Crippen LogP contribution is 2.39. The Kier molecular flexibility index (Phi) is 4.06. The van der Waals surface area contributed by atoms with Gasteiger partial charge in [-0.15, -0.1) is 0 Å². The van der Waals surface area contributed by atoms with Crippen LogP contribution in [-0.2, 0) is 4.79 Å². The second-order valence-corrected chi connectivity index (χ2v) is 6.85. The van der Waals surface area contributed by atoms with Gasteiger partial charge in [0.05, 0.1) is 17.8 Å². The minimum Gasteiger partial charge on any atom is -0.309 e. The average Bonchev–Trinajstić information content (AvgIpc) is 3.17. The molecule has 2 aromatic heterocycles. The van der Waals surface area contributed by atoms with Crippen LogP contribution >= 0.6 is 0 Å². The van der Waals surface area contributed by atoms with Crippen molar-refractivity contribution in [1.29, 1.82) is 0 Å². The summed E-state index contributed by atoms with van der Waals surface area (Å²) in [5.74, 6) is 0.326. The lowest BCUT2D eigenvalue weighted by Crippen LogP contribution is -2.18. The standard InChI is InChI=1S/C19H20FN5O/c1-11-7-15(5-6-16(11)20)25-10-14(9-21-25)12(2)19(26)22-18-8-17(23-24-18)13-3-4-13/h5-10,12-13H,3-4H2,1-2H3,(H2,22,23,24,26). The Morgan fingerprint density at radius 2 is 2.19 bits per heavy atom. The molecular weight excluding hydrogens is 333 g/mol. The topological polar surface area (TPSA) is 75.6 Å². The second-order valence-electron chi connectivity index (χ2n) is 6.85. The van der Waals surface area contributed by atoms with Crippen LogP contribution < -0.4 is 5.32 Å². The lowest BCUT2D eigenvalue weighted by Gasteiger charge is -2.08. The molecule has 134 valence electrons. The van der Waals surface area contributed by atoms with Crippen molar-refractivity contribution in [2.75, 3.05) is 5.32 Å². The molecule has 4 rings (SSSR count). The lowest BCUT2D eigenvalue weighted by molar-refractivity contribution is -0.117. The van der Waals surface area contributed by atoms with Crippen molar-refractivity contribution < 1.29 is 9.18 Å². The van der Waals surface area contributed by atoms with E-state index in [0.29, 0.717) is 17.3 Å². The van der Waals surface area contributed by atoms with Gasteiger partial charge in [0, 0.05) is 29.4 Å². The molecule has 0 spiro atoms. The first-order chi connectivity index (χ1) is 12.5. The fourth-order valence-electron chi connectivity index (χ4n) is 2.86. The summed E-state index contributed by atoms with van der Waals surface area (Å²) >= 11 is 0. The third kappa shape index (κ3) is 3.24. The Balaban J connectivity index is 1.46. The zero-order valence-electron chi connectivity index (χ0n) is 14.7. The van der Waals surface area contributed by atoms with Crippen LogP contribution in [0.4, 0.5) is 10.2 Å². The van der Waals surface area contributed by atoms with Crippen LogP contribution in [0.2, 0.25) is 0 Å². The highest BCUT2D eigenvalue weighted by atomic mass is 19.1. The summed E-state index contributed by atoms with van der Waals surface area (Å²) < 4.78 is 15.1. The number of carbonyl (C=O) groups excluding carboxylic acids is 1. The fraction of sp³-hybridized carbons (Fsp3) is 0.316. The first-order valence-electron chi connectivity index (χ1n) is 8.68. The number of aromatic amines is 1. The first kappa shape index (κ1) is 16.5. The van der Waals surface area contributed by atoms with Gasteiger partial charge in [-0.05, 0) is 50.5 Å². The number of amides is 1. The number of hydrogen-bond donors (Lipinski definition) is 2. The zero-order valence-corrected chi connectivity index (χ0v) is 14.7. The molecule has 1 fully saturated rings. The molecular formula is C19H20FN5O. The Labute approximate surface area is 150 Å². The molecule has 1 aromatic carbocycles. The van der Waals surface area contributed by atoms with Gasteiger partial charge >= 0.3 is 0 Å². The van der Waals surface area contributed by atoms with Crippen LogP contribution in [0.1, 0.15) is 48.4 Å². The molecule has 0 radical (unpaired) electrons. The van der Waals surface area contributed by atoms with Gasteiger partial charge in [0.1, 0.15) is 5.82 Å². The molecule has 0 saturated heterocycles. The predicted octanol–water partition coefficient (Wildman–Crippen LogP) is 3.66. The fourth-order valence-corrected chi connectivity index (χ4v) is 2.86. The predicted molar refractivity (Wildman–Crippen MR) is 95.9 cm³/mol. The summed E-state index contributed by atoms with van der Waals surface area (Å²) in [4.78, 5) is 12.5. The molecule has 7 heteroatoms. The van der Waals surface area contributed by atoms with Crippen LogP contribution in [0.3, 0.4) is 0 Å². The van der Waals surface area contributed by atoms with Crippen molar-refractivity contribution in [3.63, 3.8) is 0 Å². The van der Waals surface area contributed by atoms with Crippen molar-refractivity contribution in [2.24, 2.45) is 0 Å². The number of carbonyl (C=O) groups is 1. The SMILES string of the molecule is Cc1cc(-n2cc(C(C)C(=O)Nc3cc(C4CC4)[nH]n3)cn2)ccc1F. The number of H-pyrrole nitrogens is 1. The van der Waals surface area contributed by atoms with Crippen LogP contribution in [0.15, 0.2) is 36.7 Å². The van der Waals surface area contributed by atoms with Crippen LogP contribution in [0.5, 0.6) is 0 Å². The second kappa shape index (κ2) is 6.40. The van der Waals surface area contributed by atoms with Gasteiger partial charge in [-0.25, -0.2) is 9.07 Å². The number of aromatic nitrogens is 4. The number of hydrogen-bond acceptors (Lipinski definition) is 3. The number of benzene rings is 1. The minimum atomic E-state index is -0.383. The minimum absolute atomic E-state index is 0.145. The third-order valence-electron chi connectivity index (χ3n) is 4.77. The van der Waals surface area contributed by atoms with Crippen LogP contribution in [-0.4, -0.2) is 25.9 Å². The Morgan fingerprint density at radius 1 is 1.38 bits per heavy atom. The van der Waals surface area contributed by atoms with Crippen LogP contribution in [0, 0.1) is 12.7 Å². The van der Waals surface area contributed by atoms with Gasteiger partial charge in [0.15, 0.2) is 5.82 Å². The molecule has 1 saturated carbocycles. The van der Waals surface area contributed by atoms with E-state index in [1.165, 1.54) is 18.9 Å². The van der Waals surface area contributed by atoms with Crippen molar-refractivity contribution in [2.45, 2.75) is 38.5 Å². The van der Waals surface area contributed by atoms with E-state index in [1.54, 1.807) is 36.1 Å². The molecule has 26 heavy (non-hydrogen) atoms. The smallest absolute Gasteiger partial charge is 0.232 e. The molecule has 0 aliphatic heterocycles. The average molecular weight is 353 g/mol. The summed E-state index contributed by atoms with van der Waals surface area (Å²) in [5, 5.41) is 14.3. The van der Waals surface area contributed by atoms with E-state index in [4.69, 9.17) is 0 Å². The monoisotopic (exact) mass is 353 g/mol. The van der Waals surface area contributed by atoms with Gasteiger partial charge in [-0.1, -0.05) is 0 Å². The van der Waals surface area contributed by atoms with Gasteiger partial charge < -0.3 is 5.32 Å². The number of halogens is 1. The van der Waals surface area contributed by atoms with E-state index in [1.807, 2.05) is 13.0 Å². The maximum Gasteiger partial charge on any atom is 0.232 e. The van der Waals surface area contributed by atoms with Gasteiger partial charge in [0.2, 0.25) is 5.91 Å². The van der Waals surface area contributed by atoms with Crippen molar-refractivity contribution >= 4 is 11.7 Å². The van der Waals surface area contributed by atoms with Gasteiger partial charge in [-0.3, -0.25) is 9.89 Å². The highest BCUT2D eigenvalue weighted by molar-refractivity contribution is 5.94. The quantitative estimate of drug-likeness (QED) is 0.735. The summed E-state index contributed by atoms with van der Waals surface area (Å²) in [6, 6.07) is 6.69. The van der Waals surface area contributed by atoms with Gasteiger partial charge in [0.25, 0.3) is 0 Å². The lowest BCUT2D eigenvalue weighted by atomic mass is 10.0.